The Balaban J connectivity index is 1.62. The zero-order chi connectivity index (χ0) is 25.7. The average Bonchev–Trinajstić information content (AvgIpc) is 3.10. The number of hydrogen-bond donors (Lipinski definition) is 2. The second kappa shape index (κ2) is 8.71. The van der Waals surface area contributed by atoms with Crippen LogP contribution in [0.25, 0.3) is 16.7 Å². The number of aromatic nitrogens is 5. The van der Waals surface area contributed by atoms with Gasteiger partial charge in [-0.15, -0.1) is 6.58 Å². The van der Waals surface area contributed by atoms with Gasteiger partial charge in [0.05, 0.1) is 12.2 Å². The lowest BCUT2D eigenvalue weighted by atomic mass is 9.85. The van der Waals surface area contributed by atoms with Crippen LogP contribution in [-0.2, 0) is 23.9 Å². The highest BCUT2D eigenvalue weighted by atomic mass is 16.1. The Morgan fingerprint density at radius 3 is 2.75 bits per heavy atom. The first-order valence-corrected chi connectivity index (χ1v) is 12.3. The van der Waals surface area contributed by atoms with Crippen LogP contribution in [0.5, 0.6) is 0 Å². The van der Waals surface area contributed by atoms with Gasteiger partial charge in [-0.1, -0.05) is 32.9 Å². The maximum Gasteiger partial charge on any atom is 0.278 e. The van der Waals surface area contributed by atoms with Crippen LogP contribution in [0.2, 0.25) is 0 Å². The first-order chi connectivity index (χ1) is 17.1. The molecule has 5 rings (SSSR count). The molecule has 0 atom stereocenters. The van der Waals surface area contributed by atoms with Gasteiger partial charge in [0.2, 0.25) is 5.95 Å². The van der Waals surface area contributed by atoms with Gasteiger partial charge in [-0.05, 0) is 62.2 Å². The second-order valence-electron chi connectivity index (χ2n) is 10.9. The summed E-state index contributed by atoms with van der Waals surface area (Å²) in [7, 11) is 0. The Bertz CT molecular complexity index is 1520. The van der Waals surface area contributed by atoms with Gasteiger partial charge in [0.25, 0.3) is 5.56 Å². The summed E-state index contributed by atoms with van der Waals surface area (Å²) >= 11 is 0. The Kier molecular flexibility index (Phi) is 5.79. The molecule has 0 aliphatic carbocycles. The fourth-order valence-electron chi connectivity index (χ4n) is 4.79. The van der Waals surface area contributed by atoms with Crippen molar-refractivity contribution in [2.45, 2.75) is 58.5 Å². The minimum absolute atomic E-state index is 0.107. The number of allylic oxidation sites excluding steroid dienone is 1. The molecule has 0 bridgehead atoms. The fourth-order valence-corrected chi connectivity index (χ4v) is 4.79. The summed E-state index contributed by atoms with van der Waals surface area (Å²) < 4.78 is 3.47. The third kappa shape index (κ3) is 4.22. The average molecular weight is 484 g/mol. The zero-order valence-corrected chi connectivity index (χ0v) is 21.6. The lowest BCUT2D eigenvalue weighted by Gasteiger charge is -2.34. The third-order valence-corrected chi connectivity index (χ3v) is 6.73. The number of nitrogens with one attached hydrogen (secondary N) is 2. The standard InChI is InChI=1S/C28H33N7O/c1-7-14-34-25(36)21-17-30-26(32-19-9-8-18-10-13-31-28(5,6)22(18)15-19)33-24(21)35(34)20-11-12-29-23(16-20)27(2,3)4/h7-9,11-12,15-17,31H,1,10,13-14H2,2-6H3,(H,30,32,33). The topological polar surface area (TPSA) is 89.7 Å². The minimum atomic E-state index is -0.160. The maximum absolute atomic E-state index is 13.3. The number of hydrogen-bond acceptors (Lipinski definition) is 6. The van der Waals surface area contributed by atoms with Gasteiger partial charge in [0, 0.05) is 34.7 Å². The molecule has 36 heavy (non-hydrogen) atoms. The van der Waals surface area contributed by atoms with Crippen molar-refractivity contribution < 1.29 is 0 Å². The van der Waals surface area contributed by atoms with Crippen molar-refractivity contribution >= 4 is 22.7 Å². The smallest absolute Gasteiger partial charge is 0.278 e. The molecule has 0 fully saturated rings. The summed E-state index contributed by atoms with van der Waals surface area (Å²) in [5, 5.41) is 7.38. The molecule has 4 aromatic rings. The highest BCUT2D eigenvalue weighted by molar-refractivity contribution is 5.77. The fraction of sp³-hybridized carbons (Fsp3) is 0.357. The van der Waals surface area contributed by atoms with E-state index < -0.39 is 0 Å². The van der Waals surface area contributed by atoms with E-state index in [0.29, 0.717) is 23.5 Å². The van der Waals surface area contributed by atoms with Crippen molar-refractivity contribution in [1.82, 2.24) is 29.6 Å². The van der Waals surface area contributed by atoms with E-state index >= 15 is 0 Å². The largest absolute Gasteiger partial charge is 0.324 e. The molecule has 1 aromatic carbocycles. The van der Waals surface area contributed by atoms with E-state index in [1.807, 2.05) is 16.8 Å². The number of pyridine rings is 1. The first kappa shape index (κ1) is 23.9. The third-order valence-electron chi connectivity index (χ3n) is 6.73. The lowest BCUT2D eigenvalue weighted by molar-refractivity contribution is 0.382. The number of fused-ring (bicyclic) bond motifs is 2. The van der Waals surface area contributed by atoms with Gasteiger partial charge in [-0.25, -0.2) is 14.3 Å². The van der Waals surface area contributed by atoms with Gasteiger partial charge in [0.1, 0.15) is 5.39 Å². The van der Waals surface area contributed by atoms with Crippen LogP contribution < -0.4 is 16.2 Å². The molecule has 0 saturated heterocycles. The van der Waals surface area contributed by atoms with Crippen molar-refractivity contribution in [3.63, 3.8) is 0 Å². The number of anilines is 2. The van der Waals surface area contributed by atoms with Crippen molar-refractivity contribution in [1.29, 1.82) is 0 Å². The molecule has 3 aromatic heterocycles. The number of benzene rings is 1. The molecule has 0 radical (unpaired) electrons. The second-order valence-corrected chi connectivity index (χ2v) is 10.9. The molecule has 0 amide bonds. The van der Waals surface area contributed by atoms with E-state index in [1.54, 1.807) is 23.2 Å². The summed E-state index contributed by atoms with van der Waals surface area (Å²) in [6.45, 7) is 15.9. The monoisotopic (exact) mass is 483 g/mol. The van der Waals surface area contributed by atoms with Crippen LogP contribution >= 0.6 is 0 Å². The van der Waals surface area contributed by atoms with E-state index in [-0.39, 0.29) is 16.5 Å². The maximum atomic E-state index is 13.3. The Morgan fingerprint density at radius 1 is 1.19 bits per heavy atom. The summed E-state index contributed by atoms with van der Waals surface area (Å²) in [6, 6.07) is 10.3. The molecule has 4 heterocycles. The number of rotatable bonds is 5. The van der Waals surface area contributed by atoms with E-state index in [4.69, 9.17) is 4.98 Å². The molecule has 0 spiro atoms. The van der Waals surface area contributed by atoms with Crippen molar-refractivity contribution in [2.24, 2.45) is 0 Å². The molecule has 8 heteroatoms. The van der Waals surface area contributed by atoms with Gasteiger partial charge >= 0.3 is 0 Å². The predicted molar refractivity (Wildman–Crippen MR) is 144 cm³/mol. The van der Waals surface area contributed by atoms with E-state index in [0.717, 1.165) is 30.0 Å². The van der Waals surface area contributed by atoms with Gasteiger partial charge in [0.15, 0.2) is 5.65 Å². The lowest BCUT2D eigenvalue weighted by Crippen LogP contribution is -2.42. The van der Waals surface area contributed by atoms with Crippen molar-refractivity contribution in [3.05, 3.63) is 82.6 Å². The van der Waals surface area contributed by atoms with Crippen molar-refractivity contribution in [3.8, 4) is 5.69 Å². The minimum Gasteiger partial charge on any atom is -0.324 e. The highest BCUT2D eigenvalue weighted by Crippen LogP contribution is 2.31. The van der Waals surface area contributed by atoms with Crippen LogP contribution in [-0.4, -0.2) is 30.9 Å². The van der Waals surface area contributed by atoms with Crippen LogP contribution in [0.4, 0.5) is 11.6 Å². The van der Waals surface area contributed by atoms with Crippen LogP contribution in [0.3, 0.4) is 0 Å². The summed E-state index contributed by atoms with van der Waals surface area (Å²) in [5.74, 6) is 0.429. The van der Waals surface area contributed by atoms with E-state index in [1.165, 1.54) is 11.1 Å². The van der Waals surface area contributed by atoms with Gasteiger partial charge in [-0.2, -0.15) is 4.98 Å². The number of nitrogens with zero attached hydrogens (tertiary/aromatic N) is 5. The van der Waals surface area contributed by atoms with Crippen LogP contribution in [0.15, 0.2) is 60.2 Å². The Labute approximate surface area is 211 Å². The summed E-state index contributed by atoms with van der Waals surface area (Å²) in [6.07, 6.45) is 6.08. The van der Waals surface area contributed by atoms with E-state index in [9.17, 15) is 4.79 Å². The normalized spacial score (nSPS) is 15.0. The Hall–Kier alpha value is -3.78. The molecule has 8 nitrogen and oxygen atoms in total. The molecule has 0 saturated carbocycles. The van der Waals surface area contributed by atoms with Gasteiger partial charge < -0.3 is 10.6 Å². The van der Waals surface area contributed by atoms with Crippen LogP contribution in [0.1, 0.15) is 51.4 Å². The zero-order valence-electron chi connectivity index (χ0n) is 21.6. The molecule has 0 unspecified atom stereocenters. The van der Waals surface area contributed by atoms with Crippen molar-refractivity contribution in [2.75, 3.05) is 11.9 Å². The molecular weight excluding hydrogens is 450 g/mol. The quantitative estimate of drug-likeness (QED) is 0.404. The predicted octanol–water partition coefficient (Wildman–Crippen LogP) is 4.59. The summed E-state index contributed by atoms with van der Waals surface area (Å²) in [4.78, 5) is 27.1. The molecule has 1 aliphatic heterocycles. The van der Waals surface area contributed by atoms with Gasteiger partial charge in [-0.3, -0.25) is 9.78 Å². The van der Waals surface area contributed by atoms with E-state index in [2.05, 4.69) is 80.0 Å². The Morgan fingerprint density at radius 2 is 2.00 bits per heavy atom. The molecule has 186 valence electrons. The molecule has 2 N–H and O–H groups in total. The highest BCUT2D eigenvalue weighted by Gasteiger charge is 2.27. The molecular formula is C28H33N7O. The van der Waals surface area contributed by atoms with Crippen LogP contribution in [0, 0.1) is 0 Å². The first-order valence-electron chi connectivity index (χ1n) is 12.3. The summed E-state index contributed by atoms with van der Waals surface area (Å²) in [5.41, 5.74) is 5.39. The molecule has 1 aliphatic rings. The SMILES string of the molecule is C=CCn1c(=O)c2cnc(Nc3ccc4c(c3)C(C)(C)NCC4)nc2n1-c1ccnc(C(C)(C)C)c1.